The molecule has 1 aromatic carbocycles. The Morgan fingerprint density at radius 1 is 1.09 bits per heavy atom. The molecular formula is C16H17BrN6. The summed E-state index contributed by atoms with van der Waals surface area (Å²) >= 11 is 3.48. The topological polar surface area (TPSA) is 58.9 Å². The van der Waals surface area contributed by atoms with Crippen LogP contribution < -0.4 is 10.2 Å². The maximum absolute atomic E-state index is 4.36. The van der Waals surface area contributed by atoms with E-state index in [0.717, 1.165) is 40.2 Å². The van der Waals surface area contributed by atoms with Crippen molar-refractivity contribution in [3.63, 3.8) is 0 Å². The fourth-order valence-corrected chi connectivity index (χ4v) is 3.61. The highest BCUT2D eigenvalue weighted by molar-refractivity contribution is 9.10. The molecule has 0 bridgehead atoms. The van der Waals surface area contributed by atoms with Gasteiger partial charge in [0.15, 0.2) is 5.65 Å². The number of rotatable bonds is 3. The van der Waals surface area contributed by atoms with E-state index >= 15 is 0 Å². The molecule has 7 heteroatoms. The molecular weight excluding hydrogens is 356 g/mol. The van der Waals surface area contributed by atoms with E-state index in [-0.39, 0.29) is 0 Å². The molecule has 4 rings (SSSR count). The lowest BCUT2D eigenvalue weighted by Gasteiger charge is -2.18. The average Bonchev–Trinajstić information content (AvgIpc) is 3.18. The van der Waals surface area contributed by atoms with Gasteiger partial charge in [0.05, 0.1) is 5.39 Å². The van der Waals surface area contributed by atoms with Gasteiger partial charge in [0, 0.05) is 31.5 Å². The minimum atomic E-state index is 0.742. The van der Waals surface area contributed by atoms with E-state index in [4.69, 9.17) is 0 Å². The zero-order valence-corrected chi connectivity index (χ0v) is 14.4. The summed E-state index contributed by atoms with van der Waals surface area (Å²) in [5.41, 5.74) is 3.08. The molecule has 0 radical (unpaired) electrons. The zero-order valence-electron chi connectivity index (χ0n) is 12.8. The van der Waals surface area contributed by atoms with Crippen LogP contribution in [0.4, 0.5) is 17.2 Å². The van der Waals surface area contributed by atoms with Crippen LogP contribution in [0.5, 0.6) is 0 Å². The number of fused-ring (bicyclic) bond motifs is 1. The van der Waals surface area contributed by atoms with Gasteiger partial charge in [-0.15, -0.1) is 0 Å². The number of aromatic nitrogens is 4. The van der Waals surface area contributed by atoms with Crippen molar-refractivity contribution in [1.29, 1.82) is 0 Å². The number of nitrogens with zero attached hydrogens (tertiary/aromatic N) is 5. The summed E-state index contributed by atoms with van der Waals surface area (Å²) in [6.07, 6.45) is 4.12. The van der Waals surface area contributed by atoms with Gasteiger partial charge in [0.25, 0.3) is 0 Å². The first kappa shape index (κ1) is 14.4. The third-order valence-corrected chi connectivity index (χ3v) is 4.73. The Balaban J connectivity index is 1.63. The third-order valence-electron chi connectivity index (χ3n) is 4.18. The number of anilines is 3. The van der Waals surface area contributed by atoms with Gasteiger partial charge >= 0.3 is 0 Å². The lowest BCUT2D eigenvalue weighted by atomic mass is 10.2. The van der Waals surface area contributed by atoms with Gasteiger partial charge in [0.1, 0.15) is 16.7 Å². The molecule has 0 saturated carbocycles. The highest BCUT2D eigenvalue weighted by atomic mass is 79.9. The zero-order chi connectivity index (χ0) is 15.8. The van der Waals surface area contributed by atoms with E-state index in [0.29, 0.717) is 0 Å². The molecule has 3 heterocycles. The molecule has 6 nitrogen and oxygen atoms in total. The standard InChI is InChI=1S/C16H17BrN6/c1-22-16-13(14(17)21-22)15(18-10-19-16)20-11-4-6-12(7-5-11)23-8-2-3-9-23/h4-7,10H,2-3,8-9H2,1H3,(H,18,19,20). The Bertz CT molecular complexity index is 836. The second-order valence-corrected chi connectivity index (χ2v) is 6.45. The van der Waals surface area contributed by atoms with E-state index in [1.807, 2.05) is 7.05 Å². The minimum Gasteiger partial charge on any atom is -0.372 e. The van der Waals surface area contributed by atoms with E-state index in [1.54, 1.807) is 11.0 Å². The van der Waals surface area contributed by atoms with Crippen molar-refractivity contribution in [1.82, 2.24) is 19.7 Å². The third kappa shape index (κ3) is 2.65. The summed E-state index contributed by atoms with van der Waals surface area (Å²) in [5.74, 6) is 0.754. The summed E-state index contributed by atoms with van der Waals surface area (Å²) in [6, 6.07) is 8.49. The monoisotopic (exact) mass is 372 g/mol. The van der Waals surface area contributed by atoms with Gasteiger partial charge in [-0.05, 0) is 53.0 Å². The fourth-order valence-electron chi connectivity index (χ4n) is 3.00. The van der Waals surface area contributed by atoms with Gasteiger partial charge in [0.2, 0.25) is 0 Å². The van der Waals surface area contributed by atoms with Crippen LogP contribution in [0, 0.1) is 0 Å². The van der Waals surface area contributed by atoms with Crippen LogP contribution in [0.15, 0.2) is 35.2 Å². The predicted octanol–water partition coefficient (Wildman–Crippen LogP) is 3.47. The Morgan fingerprint density at radius 3 is 2.57 bits per heavy atom. The van der Waals surface area contributed by atoms with Gasteiger partial charge in [-0.2, -0.15) is 5.10 Å². The van der Waals surface area contributed by atoms with Crippen LogP contribution in [0.1, 0.15) is 12.8 Å². The van der Waals surface area contributed by atoms with Crippen molar-refractivity contribution in [3.8, 4) is 0 Å². The highest BCUT2D eigenvalue weighted by Crippen LogP contribution is 2.30. The first-order valence-electron chi connectivity index (χ1n) is 7.67. The number of benzene rings is 1. The second kappa shape index (κ2) is 5.81. The smallest absolute Gasteiger partial charge is 0.164 e. The summed E-state index contributed by atoms with van der Waals surface area (Å²) in [6.45, 7) is 2.31. The Morgan fingerprint density at radius 2 is 1.83 bits per heavy atom. The fraction of sp³-hybridized carbons (Fsp3) is 0.312. The molecule has 1 aliphatic heterocycles. The SMILES string of the molecule is Cn1nc(Br)c2c(Nc3ccc(N4CCCC4)cc3)ncnc21. The van der Waals surface area contributed by atoms with Crippen LogP contribution >= 0.6 is 15.9 Å². The van der Waals surface area contributed by atoms with Crippen molar-refractivity contribution < 1.29 is 0 Å². The lowest BCUT2D eigenvalue weighted by Crippen LogP contribution is -2.17. The highest BCUT2D eigenvalue weighted by Gasteiger charge is 2.14. The molecule has 1 N–H and O–H groups in total. The first-order valence-corrected chi connectivity index (χ1v) is 8.47. The maximum atomic E-state index is 4.36. The van der Waals surface area contributed by atoms with Crippen molar-refractivity contribution in [2.45, 2.75) is 12.8 Å². The van der Waals surface area contributed by atoms with Crippen molar-refractivity contribution in [2.24, 2.45) is 7.05 Å². The van der Waals surface area contributed by atoms with Crippen LogP contribution in [-0.4, -0.2) is 32.8 Å². The average molecular weight is 373 g/mol. The van der Waals surface area contributed by atoms with Crippen LogP contribution in [0.2, 0.25) is 0 Å². The normalized spacial score (nSPS) is 14.6. The summed E-state index contributed by atoms with van der Waals surface area (Å²) in [4.78, 5) is 11.1. The van der Waals surface area contributed by atoms with Gasteiger partial charge < -0.3 is 10.2 Å². The summed E-state index contributed by atoms with van der Waals surface area (Å²) < 4.78 is 2.48. The number of hydrogen-bond acceptors (Lipinski definition) is 5. The van der Waals surface area contributed by atoms with Crippen molar-refractivity contribution in [3.05, 3.63) is 35.2 Å². The lowest BCUT2D eigenvalue weighted by molar-refractivity contribution is 0.777. The molecule has 23 heavy (non-hydrogen) atoms. The predicted molar refractivity (Wildman–Crippen MR) is 95.2 cm³/mol. The maximum Gasteiger partial charge on any atom is 0.164 e. The molecule has 0 unspecified atom stereocenters. The number of halogens is 1. The van der Waals surface area contributed by atoms with Gasteiger partial charge in [-0.3, -0.25) is 0 Å². The molecule has 2 aromatic heterocycles. The van der Waals surface area contributed by atoms with Crippen molar-refractivity contribution in [2.75, 3.05) is 23.3 Å². The molecule has 0 aliphatic carbocycles. The van der Waals surface area contributed by atoms with Crippen LogP contribution in [0.3, 0.4) is 0 Å². The molecule has 3 aromatic rings. The Hall–Kier alpha value is -2.15. The molecule has 1 fully saturated rings. The molecule has 1 saturated heterocycles. The van der Waals surface area contributed by atoms with E-state index < -0.39 is 0 Å². The molecule has 0 spiro atoms. The van der Waals surface area contributed by atoms with E-state index in [2.05, 4.69) is 65.5 Å². The van der Waals surface area contributed by atoms with Gasteiger partial charge in [-0.1, -0.05) is 0 Å². The molecule has 0 atom stereocenters. The van der Waals surface area contributed by atoms with Crippen molar-refractivity contribution >= 4 is 44.2 Å². The van der Waals surface area contributed by atoms with Crippen LogP contribution in [-0.2, 0) is 7.05 Å². The van der Waals surface area contributed by atoms with Crippen LogP contribution in [0.25, 0.3) is 11.0 Å². The molecule has 118 valence electrons. The first-order chi connectivity index (χ1) is 11.2. The number of hydrogen-bond donors (Lipinski definition) is 1. The Kier molecular flexibility index (Phi) is 3.65. The Labute approximate surface area is 142 Å². The second-order valence-electron chi connectivity index (χ2n) is 5.70. The van der Waals surface area contributed by atoms with E-state index in [9.17, 15) is 0 Å². The molecule has 1 aliphatic rings. The number of aryl methyl sites for hydroxylation is 1. The quantitative estimate of drug-likeness (QED) is 0.762. The number of nitrogens with one attached hydrogen (secondary N) is 1. The van der Waals surface area contributed by atoms with Gasteiger partial charge in [-0.25, -0.2) is 14.6 Å². The summed E-state index contributed by atoms with van der Waals surface area (Å²) in [7, 11) is 1.87. The molecule has 0 amide bonds. The summed E-state index contributed by atoms with van der Waals surface area (Å²) in [5, 5.41) is 8.60. The minimum absolute atomic E-state index is 0.742. The van der Waals surface area contributed by atoms with E-state index in [1.165, 1.54) is 18.5 Å². The largest absolute Gasteiger partial charge is 0.372 e.